The fraction of sp³-hybridized carbons (Fsp3) is 0.269. The van der Waals surface area contributed by atoms with Crippen LogP contribution in [0.5, 0.6) is 0 Å². The molecule has 154 valence electrons. The van der Waals surface area contributed by atoms with Gasteiger partial charge in [0.2, 0.25) is 5.91 Å². The molecule has 1 saturated heterocycles. The lowest BCUT2D eigenvalue weighted by Crippen LogP contribution is -2.39. The summed E-state index contributed by atoms with van der Waals surface area (Å²) >= 11 is 6.04. The molecule has 4 heteroatoms. The molecule has 0 aliphatic carbocycles. The molecule has 1 fully saturated rings. The van der Waals surface area contributed by atoms with Crippen LogP contribution in [-0.4, -0.2) is 23.4 Å². The molecule has 1 aliphatic rings. The van der Waals surface area contributed by atoms with E-state index in [1.165, 1.54) is 27.8 Å². The molecular weight excluding hydrogens is 392 g/mol. The molecule has 0 bridgehead atoms. The molecule has 3 nitrogen and oxygen atoms in total. The van der Waals surface area contributed by atoms with Crippen molar-refractivity contribution >= 4 is 23.2 Å². The van der Waals surface area contributed by atoms with Crippen molar-refractivity contribution in [2.45, 2.75) is 39.3 Å². The Morgan fingerprint density at radius 1 is 1.00 bits per heavy atom. The molecule has 1 N–H and O–H groups in total. The molecule has 3 aromatic rings. The number of likely N-dealkylation sites (tertiary alicyclic amines) is 1. The summed E-state index contributed by atoms with van der Waals surface area (Å²) in [5.74, 6) is 0.0432. The fourth-order valence-electron chi connectivity index (χ4n) is 4.28. The smallest absolute Gasteiger partial charge is 0.241 e. The van der Waals surface area contributed by atoms with Crippen molar-refractivity contribution < 1.29 is 4.79 Å². The molecule has 1 amide bonds. The van der Waals surface area contributed by atoms with Crippen LogP contribution in [0, 0.1) is 13.8 Å². The predicted octanol–water partition coefficient (Wildman–Crippen LogP) is 6.23. The molecule has 1 heterocycles. The second kappa shape index (κ2) is 9.03. The second-order valence-electron chi connectivity index (χ2n) is 8.20. The van der Waals surface area contributed by atoms with E-state index in [0.717, 1.165) is 31.6 Å². The molecule has 4 rings (SSSR count). The number of hydrogen-bond donors (Lipinski definition) is 1. The highest BCUT2D eigenvalue weighted by molar-refractivity contribution is 6.30. The van der Waals surface area contributed by atoms with E-state index in [-0.39, 0.29) is 11.9 Å². The van der Waals surface area contributed by atoms with Crippen molar-refractivity contribution in [1.29, 1.82) is 0 Å². The lowest BCUT2D eigenvalue weighted by molar-refractivity contribution is -0.120. The van der Waals surface area contributed by atoms with Crippen LogP contribution in [0.4, 0.5) is 5.69 Å². The third kappa shape index (κ3) is 4.92. The van der Waals surface area contributed by atoms with Gasteiger partial charge in [-0.1, -0.05) is 71.3 Å². The van der Waals surface area contributed by atoms with E-state index >= 15 is 0 Å². The van der Waals surface area contributed by atoms with Gasteiger partial charge in [-0.05, 0) is 68.1 Å². The molecule has 0 radical (unpaired) electrons. The minimum absolute atomic E-state index is 0.0432. The van der Waals surface area contributed by atoms with Gasteiger partial charge in [-0.15, -0.1) is 0 Å². The SMILES string of the molecule is Cc1cc(C)cc(-c2ccc(CN3CCCC3C(=O)Nc3cccc(Cl)c3)cc2)c1. The second-order valence-corrected chi connectivity index (χ2v) is 8.64. The molecular formula is C26H27ClN2O. The lowest BCUT2D eigenvalue weighted by Gasteiger charge is -2.24. The number of benzene rings is 3. The molecule has 0 aromatic heterocycles. The number of carbonyl (C=O) groups is 1. The van der Waals surface area contributed by atoms with Crippen molar-refractivity contribution in [2.75, 3.05) is 11.9 Å². The number of halogens is 1. The number of anilines is 1. The summed E-state index contributed by atoms with van der Waals surface area (Å²) in [5, 5.41) is 3.64. The lowest BCUT2D eigenvalue weighted by atomic mass is 9.99. The first-order valence-electron chi connectivity index (χ1n) is 10.5. The van der Waals surface area contributed by atoms with E-state index in [4.69, 9.17) is 11.6 Å². The van der Waals surface area contributed by atoms with Gasteiger partial charge in [0.15, 0.2) is 0 Å². The number of nitrogens with zero attached hydrogens (tertiary/aromatic N) is 1. The molecule has 1 unspecified atom stereocenters. The maximum absolute atomic E-state index is 12.8. The van der Waals surface area contributed by atoms with E-state index < -0.39 is 0 Å². The highest BCUT2D eigenvalue weighted by Crippen LogP contribution is 2.25. The Balaban J connectivity index is 1.43. The molecule has 1 atom stereocenters. The molecule has 0 spiro atoms. The van der Waals surface area contributed by atoms with Crippen LogP contribution in [0.25, 0.3) is 11.1 Å². The van der Waals surface area contributed by atoms with Crippen LogP contribution in [0.15, 0.2) is 66.7 Å². The molecule has 1 aliphatic heterocycles. The summed E-state index contributed by atoms with van der Waals surface area (Å²) in [6, 6.07) is 22.6. The highest BCUT2D eigenvalue weighted by Gasteiger charge is 2.30. The Kier molecular flexibility index (Phi) is 6.21. The molecule has 0 saturated carbocycles. The average molecular weight is 419 g/mol. The Morgan fingerprint density at radius 2 is 1.73 bits per heavy atom. The maximum Gasteiger partial charge on any atom is 0.241 e. The van der Waals surface area contributed by atoms with Crippen LogP contribution in [-0.2, 0) is 11.3 Å². The van der Waals surface area contributed by atoms with Crippen molar-refractivity contribution in [3.8, 4) is 11.1 Å². The number of amides is 1. The van der Waals surface area contributed by atoms with E-state index in [2.05, 4.69) is 66.5 Å². The van der Waals surface area contributed by atoms with Crippen molar-refractivity contribution in [1.82, 2.24) is 4.90 Å². The number of aryl methyl sites for hydroxylation is 2. The Bertz CT molecular complexity index is 1020. The van der Waals surface area contributed by atoms with E-state index in [1.807, 2.05) is 12.1 Å². The van der Waals surface area contributed by atoms with Crippen LogP contribution < -0.4 is 5.32 Å². The fourth-order valence-corrected chi connectivity index (χ4v) is 4.47. The third-order valence-electron chi connectivity index (χ3n) is 5.65. The average Bonchev–Trinajstić information content (AvgIpc) is 3.16. The number of rotatable bonds is 5. The van der Waals surface area contributed by atoms with Gasteiger partial charge in [-0.25, -0.2) is 0 Å². The first-order chi connectivity index (χ1) is 14.5. The topological polar surface area (TPSA) is 32.3 Å². The Hall–Kier alpha value is -2.62. The van der Waals surface area contributed by atoms with Gasteiger partial charge in [-0.3, -0.25) is 9.69 Å². The standard InChI is InChI=1S/C26H27ClN2O/c1-18-13-19(2)15-22(14-18)21-10-8-20(9-11-21)17-29-12-4-7-25(29)26(30)28-24-6-3-5-23(27)16-24/h3,5-6,8-11,13-16,25H,4,7,12,17H2,1-2H3,(H,28,30). The summed E-state index contributed by atoms with van der Waals surface area (Å²) < 4.78 is 0. The summed E-state index contributed by atoms with van der Waals surface area (Å²) in [7, 11) is 0. The quantitative estimate of drug-likeness (QED) is 0.532. The van der Waals surface area contributed by atoms with Gasteiger partial charge in [0, 0.05) is 17.3 Å². The molecule has 30 heavy (non-hydrogen) atoms. The normalized spacial score (nSPS) is 16.6. The zero-order chi connectivity index (χ0) is 21.1. The van der Waals surface area contributed by atoms with Crippen LogP contribution in [0.1, 0.15) is 29.5 Å². The Morgan fingerprint density at radius 3 is 2.43 bits per heavy atom. The van der Waals surface area contributed by atoms with E-state index in [1.54, 1.807) is 12.1 Å². The number of nitrogens with one attached hydrogen (secondary N) is 1. The van der Waals surface area contributed by atoms with Crippen molar-refractivity contribution in [2.24, 2.45) is 0 Å². The van der Waals surface area contributed by atoms with Gasteiger partial charge in [0.05, 0.1) is 6.04 Å². The number of hydrogen-bond acceptors (Lipinski definition) is 2. The third-order valence-corrected chi connectivity index (χ3v) is 5.89. The van der Waals surface area contributed by atoms with Crippen LogP contribution in [0.3, 0.4) is 0 Å². The van der Waals surface area contributed by atoms with E-state index in [9.17, 15) is 4.79 Å². The highest BCUT2D eigenvalue weighted by atomic mass is 35.5. The summed E-state index contributed by atoms with van der Waals surface area (Å²) in [5.41, 5.74) is 7.00. The Labute approximate surface area is 183 Å². The van der Waals surface area contributed by atoms with Gasteiger partial charge in [-0.2, -0.15) is 0 Å². The van der Waals surface area contributed by atoms with Crippen LogP contribution in [0.2, 0.25) is 5.02 Å². The van der Waals surface area contributed by atoms with Gasteiger partial charge in [0.25, 0.3) is 0 Å². The maximum atomic E-state index is 12.8. The van der Waals surface area contributed by atoms with Gasteiger partial charge >= 0.3 is 0 Å². The minimum Gasteiger partial charge on any atom is -0.325 e. The number of carbonyl (C=O) groups excluding carboxylic acids is 1. The van der Waals surface area contributed by atoms with Gasteiger partial charge < -0.3 is 5.32 Å². The van der Waals surface area contributed by atoms with Crippen molar-refractivity contribution in [3.05, 3.63) is 88.4 Å². The van der Waals surface area contributed by atoms with Crippen molar-refractivity contribution in [3.63, 3.8) is 0 Å². The summed E-state index contributed by atoms with van der Waals surface area (Å²) in [6.45, 7) is 5.98. The first kappa shape index (κ1) is 20.6. The largest absolute Gasteiger partial charge is 0.325 e. The monoisotopic (exact) mass is 418 g/mol. The molecule has 3 aromatic carbocycles. The van der Waals surface area contributed by atoms with E-state index in [0.29, 0.717) is 5.02 Å². The van der Waals surface area contributed by atoms with Crippen LogP contribution >= 0.6 is 11.6 Å². The summed E-state index contributed by atoms with van der Waals surface area (Å²) in [4.78, 5) is 15.1. The minimum atomic E-state index is -0.108. The predicted molar refractivity (Wildman–Crippen MR) is 125 cm³/mol. The zero-order valence-electron chi connectivity index (χ0n) is 17.5. The summed E-state index contributed by atoms with van der Waals surface area (Å²) in [6.07, 6.45) is 1.92. The van der Waals surface area contributed by atoms with Gasteiger partial charge in [0.1, 0.15) is 0 Å². The zero-order valence-corrected chi connectivity index (χ0v) is 18.2. The first-order valence-corrected chi connectivity index (χ1v) is 10.8.